The Hall–Kier alpha value is -3.32. The van der Waals surface area contributed by atoms with Gasteiger partial charge in [-0.3, -0.25) is 4.79 Å². The molecule has 0 unspecified atom stereocenters. The van der Waals surface area contributed by atoms with Crippen LogP contribution in [0.2, 0.25) is 0 Å². The molecule has 6 nitrogen and oxygen atoms in total. The van der Waals surface area contributed by atoms with E-state index in [-0.39, 0.29) is 30.0 Å². The van der Waals surface area contributed by atoms with Gasteiger partial charge in [-0.1, -0.05) is 66.7 Å². The first-order valence-corrected chi connectivity index (χ1v) is 13.1. The molecule has 1 fully saturated rings. The fourth-order valence-electron chi connectivity index (χ4n) is 4.52. The van der Waals surface area contributed by atoms with Crippen LogP contribution in [-0.2, 0) is 21.2 Å². The van der Waals surface area contributed by atoms with Crippen LogP contribution in [0.5, 0.6) is 11.5 Å². The summed E-state index contributed by atoms with van der Waals surface area (Å²) in [4.78, 5) is 15.9. The third-order valence-electron chi connectivity index (χ3n) is 6.25. The van der Waals surface area contributed by atoms with Gasteiger partial charge in [-0.2, -0.15) is 0 Å². The first-order chi connectivity index (χ1) is 16.4. The molecule has 0 aliphatic carbocycles. The average molecular weight is 480 g/mol. The topological polar surface area (TPSA) is 72.9 Å². The second kappa shape index (κ2) is 10.3. The molecule has 0 aromatic heterocycles. The third kappa shape index (κ3) is 5.25. The maximum absolute atomic E-state index is 14.2. The Kier molecular flexibility index (Phi) is 7.22. The highest BCUT2D eigenvalue weighted by Crippen LogP contribution is 2.33. The van der Waals surface area contributed by atoms with E-state index in [1.54, 1.807) is 25.2 Å². The summed E-state index contributed by atoms with van der Waals surface area (Å²) in [5, 5.41) is 0. The molecular weight excluding hydrogens is 450 g/mol. The molecule has 1 atom stereocenters. The summed E-state index contributed by atoms with van der Waals surface area (Å²) < 4.78 is 35.5. The number of hydrogen-bond donors (Lipinski definition) is 0. The van der Waals surface area contributed by atoms with Gasteiger partial charge in [0.25, 0.3) is 0 Å². The van der Waals surface area contributed by atoms with Crippen molar-refractivity contribution in [1.82, 2.24) is 4.90 Å². The van der Waals surface area contributed by atoms with E-state index in [0.717, 1.165) is 16.7 Å². The van der Waals surface area contributed by atoms with E-state index in [1.165, 1.54) is 0 Å². The Morgan fingerprint density at radius 3 is 2.00 bits per heavy atom. The van der Waals surface area contributed by atoms with Gasteiger partial charge in [0.2, 0.25) is 5.91 Å². The van der Waals surface area contributed by atoms with Crippen LogP contribution in [0.3, 0.4) is 0 Å². The number of carbonyl (C=O) groups is 1. The number of benzene rings is 3. The lowest BCUT2D eigenvalue weighted by molar-refractivity contribution is -0.134. The van der Waals surface area contributed by atoms with Gasteiger partial charge >= 0.3 is 0 Å². The molecule has 34 heavy (non-hydrogen) atoms. The molecule has 0 radical (unpaired) electrons. The van der Waals surface area contributed by atoms with Crippen molar-refractivity contribution in [3.05, 3.63) is 95.6 Å². The quantitative estimate of drug-likeness (QED) is 0.487. The molecular formula is C27H29NO5S. The molecule has 7 heteroatoms. The zero-order valence-electron chi connectivity index (χ0n) is 19.4. The van der Waals surface area contributed by atoms with Crippen molar-refractivity contribution in [2.75, 3.05) is 25.7 Å². The minimum absolute atomic E-state index is 0.0255. The zero-order chi connectivity index (χ0) is 24.1. The Labute approximate surface area is 201 Å². The van der Waals surface area contributed by atoms with Gasteiger partial charge < -0.3 is 14.4 Å². The van der Waals surface area contributed by atoms with Crippen molar-refractivity contribution in [3.8, 4) is 11.5 Å². The van der Waals surface area contributed by atoms with Crippen molar-refractivity contribution >= 4 is 15.7 Å². The number of sulfone groups is 1. The lowest BCUT2D eigenvalue weighted by Crippen LogP contribution is -2.43. The number of carbonyl (C=O) groups excluding carboxylic acids is 1. The minimum Gasteiger partial charge on any atom is -0.493 e. The third-order valence-corrected chi connectivity index (χ3v) is 8.00. The van der Waals surface area contributed by atoms with Gasteiger partial charge in [0, 0.05) is 12.6 Å². The van der Waals surface area contributed by atoms with Crippen molar-refractivity contribution in [2.24, 2.45) is 0 Å². The molecule has 0 saturated carbocycles. The Morgan fingerprint density at radius 1 is 0.912 bits per heavy atom. The predicted molar refractivity (Wildman–Crippen MR) is 132 cm³/mol. The number of nitrogens with zero attached hydrogens (tertiary/aromatic N) is 1. The van der Waals surface area contributed by atoms with E-state index in [9.17, 15) is 13.2 Å². The number of ether oxygens (including phenoxy) is 2. The SMILES string of the molecule is COc1ccc(CN(C(=O)C(c2ccccc2)c2ccccc2)[C@H]2CCS(=O)(=O)C2)cc1OC. The number of methoxy groups -OCH3 is 2. The van der Waals surface area contributed by atoms with Crippen molar-refractivity contribution in [2.45, 2.75) is 24.9 Å². The van der Waals surface area contributed by atoms with Gasteiger partial charge in [-0.15, -0.1) is 0 Å². The number of amides is 1. The van der Waals surface area contributed by atoms with E-state index < -0.39 is 15.8 Å². The maximum atomic E-state index is 14.2. The van der Waals surface area contributed by atoms with Crippen LogP contribution < -0.4 is 9.47 Å². The molecule has 1 amide bonds. The standard InChI is InChI=1S/C27H29NO5S/c1-32-24-14-13-20(17-25(24)33-2)18-28(23-15-16-34(30,31)19-23)27(29)26(21-9-5-3-6-10-21)22-11-7-4-8-12-22/h3-14,17,23,26H,15-16,18-19H2,1-2H3/t23-/m0/s1. The van der Waals surface area contributed by atoms with Crippen LogP contribution in [0.1, 0.15) is 29.0 Å². The molecule has 1 aliphatic heterocycles. The molecule has 1 saturated heterocycles. The van der Waals surface area contributed by atoms with Crippen LogP contribution in [0.4, 0.5) is 0 Å². The fourth-order valence-corrected chi connectivity index (χ4v) is 6.25. The Bertz CT molecular complexity index is 1190. The molecule has 1 heterocycles. The minimum atomic E-state index is -3.18. The molecule has 178 valence electrons. The lowest BCUT2D eigenvalue weighted by atomic mass is 9.89. The van der Waals surface area contributed by atoms with Crippen LogP contribution in [0.15, 0.2) is 78.9 Å². The normalized spacial score (nSPS) is 16.9. The van der Waals surface area contributed by atoms with Crippen LogP contribution in [0.25, 0.3) is 0 Å². The van der Waals surface area contributed by atoms with E-state index in [4.69, 9.17) is 9.47 Å². The number of rotatable bonds is 8. The molecule has 3 aromatic carbocycles. The van der Waals surface area contributed by atoms with Crippen molar-refractivity contribution < 1.29 is 22.7 Å². The highest BCUT2D eigenvalue weighted by Gasteiger charge is 2.38. The van der Waals surface area contributed by atoms with Crippen LogP contribution in [-0.4, -0.2) is 51.0 Å². The van der Waals surface area contributed by atoms with E-state index in [1.807, 2.05) is 72.8 Å². The summed E-state index contributed by atoms with van der Waals surface area (Å²) in [6.45, 7) is 0.273. The first kappa shape index (κ1) is 23.8. The summed E-state index contributed by atoms with van der Waals surface area (Å²) in [5.41, 5.74) is 2.59. The van der Waals surface area contributed by atoms with Crippen LogP contribution in [0, 0.1) is 0 Å². The van der Waals surface area contributed by atoms with E-state index in [2.05, 4.69) is 0 Å². The summed E-state index contributed by atoms with van der Waals surface area (Å²) >= 11 is 0. The second-order valence-electron chi connectivity index (χ2n) is 8.47. The maximum Gasteiger partial charge on any atom is 0.235 e. The van der Waals surface area contributed by atoms with Crippen LogP contribution >= 0.6 is 0 Å². The predicted octanol–water partition coefficient (Wildman–Crippen LogP) is 4.05. The highest BCUT2D eigenvalue weighted by atomic mass is 32.2. The Balaban J connectivity index is 1.75. The molecule has 0 N–H and O–H groups in total. The van der Waals surface area contributed by atoms with Gasteiger partial charge in [-0.05, 0) is 35.2 Å². The molecule has 4 rings (SSSR count). The highest BCUT2D eigenvalue weighted by molar-refractivity contribution is 7.91. The fraction of sp³-hybridized carbons (Fsp3) is 0.296. The molecule has 1 aliphatic rings. The summed E-state index contributed by atoms with van der Waals surface area (Å²) in [5.74, 6) is 0.574. The van der Waals surface area contributed by atoms with Crippen molar-refractivity contribution in [1.29, 1.82) is 0 Å². The molecule has 3 aromatic rings. The monoisotopic (exact) mass is 479 g/mol. The molecule has 0 spiro atoms. The molecule has 0 bridgehead atoms. The number of hydrogen-bond acceptors (Lipinski definition) is 5. The van der Waals surface area contributed by atoms with Gasteiger partial charge in [0.1, 0.15) is 0 Å². The van der Waals surface area contributed by atoms with Gasteiger partial charge in [-0.25, -0.2) is 8.42 Å². The summed E-state index contributed by atoms with van der Waals surface area (Å²) in [7, 11) is -0.0484. The lowest BCUT2D eigenvalue weighted by Gasteiger charge is -2.32. The average Bonchev–Trinajstić information content (AvgIpc) is 3.23. The van der Waals surface area contributed by atoms with Crippen molar-refractivity contribution in [3.63, 3.8) is 0 Å². The van der Waals surface area contributed by atoms with Gasteiger partial charge in [0.15, 0.2) is 21.3 Å². The van der Waals surface area contributed by atoms with E-state index in [0.29, 0.717) is 17.9 Å². The zero-order valence-corrected chi connectivity index (χ0v) is 20.2. The first-order valence-electron chi connectivity index (χ1n) is 11.2. The summed E-state index contributed by atoms with van der Waals surface area (Å²) in [6, 6.07) is 24.4. The second-order valence-corrected chi connectivity index (χ2v) is 10.7. The smallest absolute Gasteiger partial charge is 0.235 e. The summed E-state index contributed by atoms with van der Waals surface area (Å²) in [6.07, 6.45) is 0.428. The Morgan fingerprint density at radius 2 is 1.50 bits per heavy atom. The van der Waals surface area contributed by atoms with Gasteiger partial charge in [0.05, 0.1) is 31.6 Å². The van der Waals surface area contributed by atoms with E-state index >= 15 is 0 Å². The largest absolute Gasteiger partial charge is 0.493 e.